The summed E-state index contributed by atoms with van der Waals surface area (Å²) in [4.78, 5) is 14.4. The van der Waals surface area contributed by atoms with E-state index < -0.39 is 0 Å². The monoisotopic (exact) mass is 322 g/mol. The lowest BCUT2D eigenvalue weighted by atomic mass is 10.1. The molecule has 4 nitrogen and oxygen atoms in total. The molecule has 1 saturated heterocycles. The van der Waals surface area contributed by atoms with E-state index in [0.29, 0.717) is 13.0 Å². The molecule has 1 aromatic rings. The summed E-state index contributed by atoms with van der Waals surface area (Å²) in [5.41, 5.74) is 1.31. The number of hydrogen-bond donors (Lipinski definition) is 1. The van der Waals surface area contributed by atoms with Gasteiger partial charge in [-0.25, -0.2) is 0 Å². The number of carbonyl (C=O) groups excluding carboxylic acids is 1. The first kappa shape index (κ1) is 17.3. The van der Waals surface area contributed by atoms with E-state index in [1.54, 1.807) is 11.8 Å². The van der Waals surface area contributed by atoms with Gasteiger partial charge in [-0.15, -0.1) is 0 Å². The maximum Gasteiger partial charge on any atom is 0.222 e. The summed E-state index contributed by atoms with van der Waals surface area (Å²) in [7, 11) is 0. The molecule has 1 N–H and O–H groups in total. The van der Waals surface area contributed by atoms with Crippen molar-refractivity contribution in [1.82, 2.24) is 10.2 Å². The third-order valence-corrected chi connectivity index (χ3v) is 4.54. The van der Waals surface area contributed by atoms with Gasteiger partial charge in [0.25, 0.3) is 0 Å². The Kier molecular flexibility index (Phi) is 7.22. The molecule has 1 amide bonds. The first-order valence-corrected chi connectivity index (χ1v) is 9.23. The van der Waals surface area contributed by atoms with Crippen LogP contribution in [0.25, 0.3) is 0 Å². The molecule has 1 aliphatic rings. The predicted octanol–water partition coefficient (Wildman–Crippen LogP) is 2.15. The number of amides is 1. The Morgan fingerprint density at radius 3 is 2.95 bits per heavy atom. The molecule has 0 aromatic heterocycles. The second-order valence-corrected chi connectivity index (χ2v) is 6.75. The molecule has 2 rings (SSSR count). The molecule has 0 saturated carbocycles. The number of nitrogens with zero attached hydrogens (tertiary/aromatic N) is 1. The minimum atomic E-state index is -0.000980. The summed E-state index contributed by atoms with van der Waals surface area (Å²) in [6, 6.07) is 10.7. The highest BCUT2D eigenvalue weighted by Crippen LogP contribution is 2.12. The molecule has 1 aliphatic heterocycles. The van der Waals surface area contributed by atoms with Gasteiger partial charge in [0, 0.05) is 31.4 Å². The second-order valence-electron chi connectivity index (χ2n) is 5.84. The third kappa shape index (κ3) is 5.99. The molecule has 122 valence electrons. The minimum absolute atomic E-state index is 0.000980. The van der Waals surface area contributed by atoms with Crippen molar-refractivity contribution in [2.75, 3.05) is 31.7 Å². The van der Waals surface area contributed by atoms with E-state index >= 15 is 0 Å². The summed E-state index contributed by atoms with van der Waals surface area (Å²) in [6.07, 6.45) is 2.50. The lowest BCUT2D eigenvalue weighted by molar-refractivity contribution is -0.126. The highest BCUT2D eigenvalue weighted by molar-refractivity contribution is 7.98. The molecule has 1 fully saturated rings. The average Bonchev–Trinajstić information content (AvgIpc) is 2.48. The zero-order chi connectivity index (χ0) is 15.8. The Bertz CT molecular complexity index is 455. The Morgan fingerprint density at radius 2 is 2.23 bits per heavy atom. The Morgan fingerprint density at radius 1 is 1.45 bits per heavy atom. The topological polar surface area (TPSA) is 41.6 Å². The number of benzene rings is 1. The van der Waals surface area contributed by atoms with Gasteiger partial charge in [-0.1, -0.05) is 30.3 Å². The summed E-state index contributed by atoms with van der Waals surface area (Å²) >= 11 is 1.75. The summed E-state index contributed by atoms with van der Waals surface area (Å²) < 4.78 is 5.75. The normalized spacial score (nSPS) is 20.5. The van der Waals surface area contributed by atoms with Crippen LogP contribution in [-0.2, 0) is 16.1 Å². The number of ether oxygens (including phenoxy) is 1. The number of rotatable bonds is 7. The van der Waals surface area contributed by atoms with E-state index in [4.69, 9.17) is 4.74 Å². The van der Waals surface area contributed by atoms with Gasteiger partial charge in [0.15, 0.2) is 0 Å². The van der Waals surface area contributed by atoms with Crippen LogP contribution >= 0.6 is 11.8 Å². The van der Waals surface area contributed by atoms with Crippen LogP contribution < -0.4 is 5.32 Å². The van der Waals surface area contributed by atoms with E-state index in [9.17, 15) is 4.79 Å². The van der Waals surface area contributed by atoms with Crippen molar-refractivity contribution in [2.45, 2.75) is 32.0 Å². The minimum Gasteiger partial charge on any atom is -0.375 e. The smallest absolute Gasteiger partial charge is 0.222 e. The van der Waals surface area contributed by atoms with Gasteiger partial charge in [-0.05, 0) is 18.7 Å². The van der Waals surface area contributed by atoms with Crippen LogP contribution in [0, 0.1) is 0 Å². The average molecular weight is 322 g/mol. The molecule has 0 aliphatic carbocycles. The van der Waals surface area contributed by atoms with Crippen molar-refractivity contribution < 1.29 is 9.53 Å². The van der Waals surface area contributed by atoms with Gasteiger partial charge in [0.05, 0.1) is 19.1 Å². The second kappa shape index (κ2) is 9.18. The maximum atomic E-state index is 12.0. The van der Waals surface area contributed by atoms with Crippen molar-refractivity contribution in [3.63, 3.8) is 0 Å². The largest absolute Gasteiger partial charge is 0.375 e. The van der Waals surface area contributed by atoms with Crippen LogP contribution in [0.4, 0.5) is 0 Å². The number of hydrogen-bond acceptors (Lipinski definition) is 4. The van der Waals surface area contributed by atoms with Crippen LogP contribution in [0.5, 0.6) is 0 Å². The number of thioether (sulfide) groups is 1. The standard InChI is InChI=1S/C17H26N2O2S/c1-14(13-22-2)18-17(20)10-16-12-19(8-9-21-16)11-15-6-4-3-5-7-15/h3-7,14,16H,8-13H2,1-2H3,(H,18,20)/t14-,16-/m1/s1. The van der Waals surface area contributed by atoms with Gasteiger partial charge in [0.1, 0.15) is 0 Å². The number of carbonyl (C=O) groups is 1. The SMILES string of the molecule is CSC[C@@H](C)NC(=O)C[C@@H]1CN(Cc2ccccc2)CCO1. The third-order valence-electron chi connectivity index (χ3n) is 3.71. The van der Waals surface area contributed by atoms with Crippen molar-refractivity contribution in [3.05, 3.63) is 35.9 Å². The molecule has 22 heavy (non-hydrogen) atoms. The molecule has 1 heterocycles. The lowest BCUT2D eigenvalue weighted by Gasteiger charge is -2.32. The molecule has 0 radical (unpaired) electrons. The zero-order valence-electron chi connectivity index (χ0n) is 13.5. The number of nitrogens with one attached hydrogen (secondary N) is 1. The Balaban J connectivity index is 1.77. The van der Waals surface area contributed by atoms with Crippen molar-refractivity contribution in [2.24, 2.45) is 0 Å². The quantitative estimate of drug-likeness (QED) is 0.835. The van der Waals surface area contributed by atoms with Crippen LogP contribution in [0.15, 0.2) is 30.3 Å². The summed E-state index contributed by atoms with van der Waals surface area (Å²) in [6.45, 7) is 5.41. The van der Waals surface area contributed by atoms with Gasteiger partial charge >= 0.3 is 0 Å². The first-order chi connectivity index (χ1) is 10.7. The fraction of sp³-hybridized carbons (Fsp3) is 0.588. The fourth-order valence-corrected chi connectivity index (χ4v) is 3.30. The highest BCUT2D eigenvalue weighted by atomic mass is 32.2. The van der Waals surface area contributed by atoms with E-state index in [-0.39, 0.29) is 18.1 Å². The Labute approximate surface area is 137 Å². The van der Waals surface area contributed by atoms with Crippen LogP contribution in [0.3, 0.4) is 0 Å². The molecule has 0 spiro atoms. The van der Waals surface area contributed by atoms with Crippen molar-refractivity contribution >= 4 is 17.7 Å². The predicted molar refractivity (Wildman–Crippen MR) is 92.1 cm³/mol. The zero-order valence-corrected chi connectivity index (χ0v) is 14.3. The maximum absolute atomic E-state index is 12.0. The van der Waals surface area contributed by atoms with Crippen LogP contribution in [-0.4, -0.2) is 54.7 Å². The lowest BCUT2D eigenvalue weighted by Crippen LogP contribution is -2.45. The molecule has 1 aromatic carbocycles. The van der Waals surface area contributed by atoms with E-state index in [0.717, 1.165) is 25.4 Å². The van der Waals surface area contributed by atoms with E-state index in [1.165, 1.54) is 5.56 Å². The van der Waals surface area contributed by atoms with Gasteiger partial charge < -0.3 is 10.1 Å². The summed E-state index contributed by atoms with van der Waals surface area (Å²) in [5.74, 6) is 1.03. The molecule has 0 unspecified atom stereocenters. The van der Waals surface area contributed by atoms with Crippen molar-refractivity contribution in [3.8, 4) is 0 Å². The Hall–Kier alpha value is -1.04. The molecular formula is C17H26N2O2S. The van der Waals surface area contributed by atoms with Gasteiger partial charge in [-0.2, -0.15) is 11.8 Å². The van der Waals surface area contributed by atoms with Crippen LogP contribution in [0.1, 0.15) is 18.9 Å². The van der Waals surface area contributed by atoms with E-state index in [1.807, 2.05) is 19.2 Å². The fourth-order valence-electron chi connectivity index (χ4n) is 2.72. The van der Waals surface area contributed by atoms with Crippen molar-refractivity contribution in [1.29, 1.82) is 0 Å². The number of morpholine rings is 1. The molecule has 5 heteroatoms. The van der Waals surface area contributed by atoms with Gasteiger partial charge in [0.2, 0.25) is 5.91 Å². The summed E-state index contributed by atoms with van der Waals surface area (Å²) in [5, 5.41) is 3.03. The van der Waals surface area contributed by atoms with Crippen LogP contribution in [0.2, 0.25) is 0 Å². The van der Waals surface area contributed by atoms with Gasteiger partial charge in [-0.3, -0.25) is 9.69 Å². The molecule has 0 bridgehead atoms. The first-order valence-electron chi connectivity index (χ1n) is 7.83. The molecule has 2 atom stereocenters. The molecular weight excluding hydrogens is 296 g/mol. The highest BCUT2D eigenvalue weighted by Gasteiger charge is 2.23. The van der Waals surface area contributed by atoms with E-state index in [2.05, 4.69) is 34.5 Å².